The molecule has 0 unspecified atom stereocenters. The Balaban J connectivity index is 1.43. The van der Waals surface area contributed by atoms with Crippen LogP contribution in [0, 0.1) is 0 Å². The number of ether oxygens (including phenoxy) is 2. The van der Waals surface area contributed by atoms with Crippen LogP contribution >= 0.6 is 0 Å². The second-order valence-electron chi connectivity index (χ2n) is 7.79. The van der Waals surface area contributed by atoms with Gasteiger partial charge in [0.05, 0.1) is 19.9 Å². The number of para-hydroxylation sites is 1. The number of nitrogens with zero attached hydrogens (tertiary/aromatic N) is 5. The lowest BCUT2D eigenvalue weighted by Crippen LogP contribution is -2.27. The van der Waals surface area contributed by atoms with Crippen LogP contribution in [0.15, 0.2) is 79.1 Å². The summed E-state index contributed by atoms with van der Waals surface area (Å²) in [7, 11) is 3.17. The molecule has 9 nitrogen and oxygen atoms in total. The molecule has 5 rings (SSSR count). The van der Waals surface area contributed by atoms with Crippen molar-refractivity contribution in [2.75, 3.05) is 20.8 Å². The van der Waals surface area contributed by atoms with Crippen molar-refractivity contribution in [3.05, 3.63) is 90.6 Å². The van der Waals surface area contributed by atoms with Crippen LogP contribution in [0.25, 0.3) is 22.5 Å². The summed E-state index contributed by atoms with van der Waals surface area (Å²) < 4.78 is 14.4. The summed E-state index contributed by atoms with van der Waals surface area (Å²) >= 11 is 0. The number of rotatable bonds is 8. The van der Waals surface area contributed by atoms with E-state index in [1.54, 1.807) is 18.9 Å². The highest BCUT2D eigenvalue weighted by molar-refractivity contribution is 5.99. The fraction of sp³-hybridized carbons (Fsp3) is 0.154. The molecule has 35 heavy (non-hydrogen) atoms. The number of amides is 1. The van der Waals surface area contributed by atoms with Gasteiger partial charge in [-0.15, -0.1) is 10.2 Å². The summed E-state index contributed by atoms with van der Waals surface area (Å²) in [6.07, 6.45) is 4.28. The van der Waals surface area contributed by atoms with Crippen LogP contribution in [0.2, 0.25) is 0 Å². The molecule has 0 fully saturated rings. The average molecular weight is 469 g/mol. The van der Waals surface area contributed by atoms with Crippen LogP contribution < -0.4 is 14.8 Å². The van der Waals surface area contributed by atoms with E-state index in [0.29, 0.717) is 35.7 Å². The number of fused-ring (bicyclic) bond motifs is 1. The molecular weight excluding hydrogens is 444 g/mol. The number of pyridine rings is 1. The highest BCUT2D eigenvalue weighted by Crippen LogP contribution is 2.34. The lowest BCUT2D eigenvalue weighted by Gasteiger charge is -2.10. The number of carbonyl (C=O) groups is 1. The first-order chi connectivity index (χ1) is 17.2. The van der Waals surface area contributed by atoms with Gasteiger partial charge in [-0.3, -0.25) is 9.20 Å². The molecule has 0 atom stereocenters. The summed E-state index contributed by atoms with van der Waals surface area (Å²) in [5.74, 6) is 1.68. The van der Waals surface area contributed by atoms with Gasteiger partial charge in [0, 0.05) is 30.9 Å². The van der Waals surface area contributed by atoms with Crippen LogP contribution in [0.5, 0.6) is 11.5 Å². The molecule has 5 aromatic rings. The Morgan fingerprint density at radius 3 is 2.54 bits per heavy atom. The van der Waals surface area contributed by atoms with Crippen molar-refractivity contribution in [2.45, 2.75) is 6.42 Å². The van der Waals surface area contributed by atoms with E-state index >= 15 is 0 Å². The Morgan fingerprint density at radius 2 is 1.74 bits per heavy atom. The van der Waals surface area contributed by atoms with Crippen LogP contribution in [0.4, 0.5) is 0 Å². The van der Waals surface area contributed by atoms with Gasteiger partial charge in [-0.1, -0.05) is 30.3 Å². The molecule has 0 bridgehead atoms. The zero-order valence-corrected chi connectivity index (χ0v) is 19.4. The van der Waals surface area contributed by atoms with E-state index in [1.807, 2.05) is 83.5 Å². The second kappa shape index (κ2) is 9.68. The molecule has 176 valence electrons. The number of hydrogen-bond acceptors (Lipinski definition) is 6. The minimum absolute atomic E-state index is 0.279. The summed E-state index contributed by atoms with van der Waals surface area (Å²) in [5, 5.41) is 16.0. The lowest BCUT2D eigenvalue weighted by atomic mass is 10.1. The van der Waals surface area contributed by atoms with Gasteiger partial charge in [0.15, 0.2) is 22.8 Å². The van der Waals surface area contributed by atoms with E-state index in [0.717, 1.165) is 22.7 Å². The molecule has 9 heteroatoms. The van der Waals surface area contributed by atoms with Gasteiger partial charge in [0.2, 0.25) is 0 Å². The van der Waals surface area contributed by atoms with Gasteiger partial charge >= 0.3 is 0 Å². The zero-order chi connectivity index (χ0) is 24.2. The van der Waals surface area contributed by atoms with Crippen molar-refractivity contribution < 1.29 is 14.3 Å². The van der Waals surface area contributed by atoms with Crippen molar-refractivity contribution >= 4 is 11.6 Å². The fourth-order valence-corrected chi connectivity index (χ4v) is 3.90. The predicted octanol–water partition coefficient (Wildman–Crippen LogP) is 3.57. The van der Waals surface area contributed by atoms with E-state index < -0.39 is 0 Å². The first kappa shape index (κ1) is 22.1. The highest BCUT2D eigenvalue weighted by Gasteiger charge is 2.20. The van der Waals surface area contributed by atoms with Gasteiger partial charge in [-0.25, -0.2) is 4.68 Å². The first-order valence-corrected chi connectivity index (χ1v) is 11.1. The second-order valence-corrected chi connectivity index (χ2v) is 7.79. The van der Waals surface area contributed by atoms with Crippen LogP contribution in [0.1, 0.15) is 16.3 Å². The van der Waals surface area contributed by atoms with Crippen LogP contribution in [-0.4, -0.2) is 51.1 Å². The van der Waals surface area contributed by atoms with Crippen LogP contribution in [-0.2, 0) is 6.42 Å². The molecule has 0 saturated heterocycles. The third-order valence-electron chi connectivity index (χ3n) is 5.66. The quantitative estimate of drug-likeness (QED) is 0.374. The Hall–Kier alpha value is -4.66. The zero-order valence-electron chi connectivity index (χ0n) is 19.4. The largest absolute Gasteiger partial charge is 0.493 e. The van der Waals surface area contributed by atoms with Crippen molar-refractivity contribution in [1.82, 2.24) is 29.7 Å². The average Bonchev–Trinajstić information content (AvgIpc) is 3.54. The number of hydrogen-bond donors (Lipinski definition) is 1. The smallest absolute Gasteiger partial charge is 0.272 e. The van der Waals surface area contributed by atoms with Crippen LogP contribution in [0.3, 0.4) is 0 Å². The normalized spacial score (nSPS) is 10.9. The molecule has 3 aromatic heterocycles. The van der Waals surface area contributed by atoms with E-state index in [2.05, 4.69) is 20.6 Å². The number of benzene rings is 2. The molecule has 1 amide bonds. The third-order valence-corrected chi connectivity index (χ3v) is 5.66. The SMILES string of the molecule is COc1ccc(-c2cn(-c3ccccc3)nc2C(=O)NCCc2nnc3ccccn23)cc1OC. The highest BCUT2D eigenvalue weighted by atomic mass is 16.5. The van der Waals surface area contributed by atoms with Gasteiger partial charge < -0.3 is 14.8 Å². The van der Waals surface area contributed by atoms with E-state index in [-0.39, 0.29) is 5.91 Å². The van der Waals surface area contributed by atoms with E-state index in [4.69, 9.17) is 9.47 Å². The summed E-state index contributed by atoms with van der Waals surface area (Å²) in [6, 6.07) is 20.9. The standard InChI is InChI=1S/C26H24N6O3/c1-34-21-12-11-18(16-22(21)35-2)20-17-32(19-8-4-3-5-9-19)30-25(20)26(33)27-14-13-24-29-28-23-10-6-7-15-31(23)24/h3-12,15-17H,13-14H2,1-2H3,(H,27,33). The molecule has 2 aromatic carbocycles. The minimum atomic E-state index is -0.279. The lowest BCUT2D eigenvalue weighted by molar-refractivity contribution is 0.0949. The monoisotopic (exact) mass is 468 g/mol. The van der Waals surface area contributed by atoms with Gasteiger partial charge in [0.25, 0.3) is 5.91 Å². The van der Waals surface area contributed by atoms with Gasteiger partial charge in [0.1, 0.15) is 5.82 Å². The van der Waals surface area contributed by atoms with E-state index in [1.165, 1.54) is 0 Å². The predicted molar refractivity (Wildman–Crippen MR) is 131 cm³/mol. The van der Waals surface area contributed by atoms with Gasteiger partial charge in [-0.05, 0) is 42.0 Å². The van der Waals surface area contributed by atoms with Crippen molar-refractivity contribution in [3.8, 4) is 28.3 Å². The Kier molecular flexibility index (Phi) is 6.13. The molecule has 0 aliphatic heterocycles. The Morgan fingerprint density at radius 1 is 0.943 bits per heavy atom. The number of nitrogens with one attached hydrogen (secondary N) is 1. The minimum Gasteiger partial charge on any atom is -0.493 e. The summed E-state index contributed by atoms with van der Waals surface area (Å²) in [5.41, 5.74) is 3.40. The maximum absolute atomic E-state index is 13.3. The third kappa shape index (κ3) is 4.43. The first-order valence-electron chi connectivity index (χ1n) is 11.1. The van der Waals surface area contributed by atoms with Crippen molar-refractivity contribution in [2.24, 2.45) is 0 Å². The number of carbonyl (C=O) groups excluding carboxylic acids is 1. The molecule has 0 saturated carbocycles. The Bertz CT molecular complexity index is 1480. The molecule has 1 N–H and O–H groups in total. The van der Waals surface area contributed by atoms with Crippen molar-refractivity contribution in [1.29, 1.82) is 0 Å². The van der Waals surface area contributed by atoms with Crippen molar-refractivity contribution in [3.63, 3.8) is 0 Å². The van der Waals surface area contributed by atoms with Gasteiger partial charge in [-0.2, -0.15) is 5.10 Å². The summed E-state index contributed by atoms with van der Waals surface area (Å²) in [6.45, 7) is 0.387. The van der Waals surface area contributed by atoms with E-state index in [9.17, 15) is 4.79 Å². The maximum atomic E-state index is 13.3. The molecule has 0 aliphatic carbocycles. The molecule has 0 spiro atoms. The molecule has 0 radical (unpaired) electrons. The number of methoxy groups -OCH3 is 2. The summed E-state index contributed by atoms with van der Waals surface area (Å²) in [4.78, 5) is 13.3. The molecule has 0 aliphatic rings. The number of aromatic nitrogens is 5. The molecular formula is C26H24N6O3. The topological polar surface area (TPSA) is 95.6 Å². The maximum Gasteiger partial charge on any atom is 0.272 e. The molecule has 3 heterocycles. The fourth-order valence-electron chi connectivity index (χ4n) is 3.90. The Labute approximate surface area is 201 Å².